The molecule has 27 heavy (non-hydrogen) atoms. The molecule has 0 fully saturated rings. The number of aliphatic hydroxyl groups is 1. The van der Waals surface area contributed by atoms with Crippen molar-refractivity contribution in [3.8, 4) is 11.1 Å². The Kier molecular flexibility index (Phi) is 7.13. The molecule has 3 aromatic rings. The van der Waals surface area contributed by atoms with Crippen molar-refractivity contribution in [2.75, 3.05) is 25.0 Å². The van der Waals surface area contributed by atoms with Gasteiger partial charge >= 0.3 is 0 Å². The Bertz CT molecular complexity index is 851. The quantitative estimate of drug-likeness (QED) is 0.443. The van der Waals surface area contributed by atoms with Gasteiger partial charge in [0, 0.05) is 35.4 Å². The Morgan fingerprint density at radius 1 is 0.778 bits per heavy atom. The molecule has 0 amide bonds. The van der Waals surface area contributed by atoms with Crippen LogP contribution in [0.2, 0.25) is 10.0 Å². The van der Waals surface area contributed by atoms with Crippen molar-refractivity contribution in [1.29, 1.82) is 0 Å². The highest BCUT2D eigenvalue weighted by Gasteiger charge is 2.09. The minimum absolute atomic E-state index is 0.433. The van der Waals surface area contributed by atoms with Crippen molar-refractivity contribution in [1.82, 2.24) is 5.32 Å². The van der Waals surface area contributed by atoms with E-state index in [-0.39, 0.29) is 0 Å². The number of anilines is 1. The van der Waals surface area contributed by atoms with Crippen molar-refractivity contribution in [2.24, 2.45) is 0 Å². The van der Waals surface area contributed by atoms with E-state index in [1.807, 2.05) is 24.3 Å². The first-order valence-corrected chi connectivity index (χ1v) is 9.61. The van der Waals surface area contributed by atoms with Crippen LogP contribution in [0.5, 0.6) is 0 Å². The molecule has 0 saturated carbocycles. The molecule has 0 aliphatic carbocycles. The normalized spacial score (nSPS) is 12.0. The van der Waals surface area contributed by atoms with Gasteiger partial charge in [-0.1, -0.05) is 65.7 Å². The minimum Gasteiger partial charge on any atom is -0.387 e. The van der Waals surface area contributed by atoms with Crippen LogP contribution in [-0.2, 0) is 0 Å². The summed E-state index contributed by atoms with van der Waals surface area (Å²) in [5.74, 6) is 0. The number of rotatable bonds is 8. The largest absolute Gasteiger partial charge is 0.387 e. The number of hydrogen-bond donors (Lipinski definition) is 3. The highest BCUT2D eigenvalue weighted by molar-refractivity contribution is 6.34. The lowest BCUT2D eigenvalue weighted by Crippen LogP contribution is -2.26. The van der Waals surface area contributed by atoms with Gasteiger partial charge in [-0.05, 0) is 47.0 Å². The van der Waals surface area contributed by atoms with Crippen LogP contribution < -0.4 is 10.6 Å². The summed E-state index contributed by atoms with van der Waals surface area (Å²) in [5, 5.41) is 17.9. The predicted molar refractivity (Wildman–Crippen MR) is 115 cm³/mol. The zero-order valence-electron chi connectivity index (χ0n) is 14.8. The topological polar surface area (TPSA) is 44.3 Å². The molecule has 0 radical (unpaired) electrons. The molecule has 0 aromatic heterocycles. The van der Waals surface area contributed by atoms with Crippen molar-refractivity contribution in [3.63, 3.8) is 0 Å². The monoisotopic (exact) mass is 400 g/mol. The minimum atomic E-state index is -0.650. The summed E-state index contributed by atoms with van der Waals surface area (Å²) in [4.78, 5) is 0. The van der Waals surface area contributed by atoms with Gasteiger partial charge in [-0.3, -0.25) is 0 Å². The molecule has 0 unspecified atom stereocenters. The molecule has 0 spiro atoms. The fourth-order valence-electron chi connectivity index (χ4n) is 2.86. The number of benzene rings is 3. The maximum absolute atomic E-state index is 10.2. The summed E-state index contributed by atoms with van der Waals surface area (Å²) in [6.45, 7) is 1.91. The molecule has 0 bridgehead atoms. The number of hydrogen-bond acceptors (Lipinski definition) is 3. The Morgan fingerprint density at radius 2 is 1.48 bits per heavy atom. The van der Waals surface area contributed by atoms with Crippen molar-refractivity contribution >= 4 is 28.9 Å². The van der Waals surface area contributed by atoms with Gasteiger partial charge in [-0.25, -0.2) is 0 Å². The number of halogens is 2. The van der Waals surface area contributed by atoms with Gasteiger partial charge in [0.25, 0.3) is 0 Å². The van der Waals surface area contributed by atoms with Gasteiger partial charge in [-0.2, -0.15) is 0 Å². The maximum atomic E-state index is 10.2. The Hall–Kier alpha value is -2.04. The van der Waals surface area contributed by atoms with Crippen LogP contribution >= 0.6 is 23.2 Å². The second kappa shape index (κ2) is 9.77. The zero-order valence-corrected chi connectivity index (χ0v) is 16.3. The highest BCUT2D eigenvalue weighted by atomic mass is 35.5. The average Bonchev–Trinajstić information content (AvgIpc) is 2.68. The maximum Gasteiger partial charge on any atom is 0.0915 e. The fourth-order valence-corrected chi connectivity index (χ4v) is 3.40. The molecule has 0 heterocycles. The Labute approximate surface area is 170 Å². The molecule has 3 aromatic carbocycles. The fraction of sp³-hybridized carbons (Fsp3) is 0.182. The van der Waals surface area contributed by atoms with E-state index in [1.165, 1.54) is 11.1 Å². The van der Waals surface area contributed by atoms with E-state index in [2.05, 4.69) is 41.0 Å². The smallest absolute Gasteiger partial charge is 0.0915 e. The molecule has 5 heteroatoms. The third-order valence-corrected chi connectivity index (χ3v) is 4.64. The van der Waals surface area contributed by atoms with E-state index >= 15 is 0 Å². The second-order valence-corrected chi connectivity index (χ2v) is 7.17. The number of nitrogens with one attached hydrogen (secondary N) is 2. The first kappa shape index (κ1) is 19.7. The number of aliphatic hydroxyl groups excluding tert-OH is 1. The van der Waals surface area contributed by atoms with Crippen LogP contribution in [0.1, 0.15) is 11.7 Å². The molecule has 140 valence electrons. The Morgan fingerprint density at radius 3 is 2.22 bits per heavy atom. The van der Waals surface area contributed by atoms with E-state index in [9.17, 15) is 5.11 Å². The molecule has 3 nitrogen and oxygen atoms in total. The summed E-state index contributed by atoms with van der Waals surface area (Å²) >= 11 is 12.0. The van der Waals surface area contributed by atoms with Gasteiger partial charge in [-0.15, -0.1) is 0 Å². The summed E-state index contributed by atoms with van der Waals surface area (Å²) in [5.41, 5.74) is 4.16. The lowest BCUT2D eigenvalue weighted by atomic mass is 10.1. The molecule has 0 aliphatic heterocycles. The van der Waals surface area contributed by atoms with Gasteiger partial charge in [0.05, 0.1) is 6.10 Å². The van der Waals surface area contributed by atoms with Crippen LogP contribution in [0.3, 0.4) is 0 Å². The van der Waals surface area contributed by atoms with Crippen molar-refractivity contribution < 1.29 is 5.11 Å². The SMILES string of the molecule is O[C@@H](CNCCNc1cccc(-c2ccccc2)c1)c1cc(Cl)cc(Cl)c1. The van der Waals surface area contributed by atoms with Gasteiger partial charge in [0.1, 0.15) is 0 Å². The van der Waals surface area contributed by atoms with Crippen molar-refractivity contribution in [2.45, 2.75) is 6.10 Å². The summed E-state index contributed by atoms with van der Waals surface area (Å²) in [7, 11) is 0. The van der Waals surface area contributed by atoms with E-state index in [4.69, 9.17) is 23.2 Å². The Balaban J connectivity index is 1.45. The van der Waals surface area contributed by atoms with E-state index in [0.29, 0.717) is 22.2 Å². The van der Waals surface area contributed by atoms with Crippen LogP contribution in [0.15, 0.2) is 72.8 Å². The van der Waals surface area contributed by atoms with Gasteiger partial charge in [0.15, 0.2) is 0 Å². The first-order valence-electron chi connectivity index (χ1n) is 8.86. The zero-order chi connectivity index (χ0) is 19.1. The van der Waals surface area contributed by atoms with E-state index < -0.39 is 6.10 Å². The molecule has 1 atom stereocenters. The lowest BCUT2D eigenvalue weighted by molar-refractivity contribution is 0.175. The lowest BCUT2D eigenvalue weighted by Gasteiger charge is -2.14. The highest BCUT2D eigenvalue weighted by Crippen LogP contribution is 2.23. The van der Waals surface area contributed by atoms with Crippen LogP contribution in [-0.4, -0.2) is 24.7 Å². The van der Waals surface area contributed by atoms with Gasteiger partial charge < -0.3 is 15.7 Å². The van der Waals surface area contributed by atoms with Crippen molar-refractivity contribution in [3.05, 3.63) is 88.4 Å². The summed E-state index contributed by atoms with van der Waals surface area (Å²) in [6, 6.07) is 23.7. The van der Waals surface area contributed by atoms with Crippen LogP contribution in [0.4, 0.5) is 5.69 Å². The van der Waals surface area contributed by atoms with E-state index in [1.54, 1.807) is 18.2 Å². The second-order valence-electron chi connectivity index (χ2n) is 6.30. The van der Waals surface area contributed by atoms with E-state index in [0.717, 1.165) is 18.8 Å². The van der Waals surface area contributed by atoms with Crippen LogP contribution in [0, 0.1) is 0 Å². The summed E-state index contributed by atoms with van der Waals surface area (Å²) < 4.78 is 0. The third-order valence-electron chi connectivity index (χ3n) is 4.21. The third kappa shape index (κ3) is 5.98. The molecule has 3 N–H and O–H groups in total. The van der Waals surface area contributed by atoms with Crippen LogP contribution in [0.25, 0.3) is 11.1 Å². The first-order chi connectivity index (χ1) is 13.1. The predicted octanol–water partition coefficient (Wildman–Crippen LogP) is 5.40. The molecule has 0 saturated heterocycles. The average molecular weight is 401 g/mol. The van der Waals surface area contributed by atoms with Gasteiger partial charge in [0.2, 0.25) is 0 Å². The molecular formula is C22H22Cl2N2O. The molecular weight excluding hydrogens is 379 g/mol. The molecule has 3 rings (SSSR count). The standard InChI is InChI=1S/C22H22Cl2N2O/c23-19-11-18(12-20(24)14-19)22(27)15-25-9-10-26-21-8-4-7-17(13-21)16-5-2-1-3-6-16/h1-8,11-14,22,25-27H,9-10,15H2/t22-/m0/s1. The summed E-state index contributed by atoms with van der Waals surface area (Å²) in [6.07, 6.45) is -0.650. The molecule has 0 aliphatic rings.